The monoisotopic (exact) mass is 207 g/mol. The number of hydrogen-bond acceptors (Lipinski definition) is 2. The van der Waals surface area contributed by atoms with Crippen LogP contribution >= 0.6 is 0 Å². The minimum atomic E-state index is -0.146. The molecule has 2 rings (SSSR count). The van der Waals surface area contributed by atoms with Gasteiger partial charge >= 0.3 is 0 Å². The first-order chi connectivity index (χ1) is 7.11. The number of amides is 1. The number of aromatic hydroxyl groups is 1. The van der Waals surface area contributed by atoms with Gasteiger partial charge in [-0.05, 0) is 30.9 Å². The van der Waals surface area contributed by atoms with Crippen LogP contribution in [0.15, 0.2) is 30.3 Å². The van der Waals surface area contributed by atoms with Crippen LogP contribution in [0.2, 0.25) is 0 Å². The summed E-state index contributed by atoms with van der Waals surface area (Å²) in [5.74, 6) is 0.914. The maximum atomic E-state index is 10.4. The predicted molar refractivity (Wildman–Crippen MR) is 59.2 cm³/mol. The summed E-state index contributed by atoms with van der Waals surface area (Å²) in [5, 5.41) is 8.63. The summed E-state index contributed by atoms with van der Waals surface area (Å²) in [6, 6.07) is 8.71. The third-order valence-electron chi connectivity index (χ3n) is 2.53. The SMILES string of the molecule is CC(C(N)=O)C1CC1.Oc1ccccc1. The highest BCUT2D eigenvalue weighted by molar-refractivity contribution is 5.76. The zero-order valence-electron chi connectivity index (χ0n) is 8.89. The van der Waals surface area contributed by atoms with E-state index in [1.807, 2.05) is 13.0 Å². The van der Waals surface area contributed by atoms with Crippen molar-refractivity contribution in [3.63, 3.8) is 0 Å². The van der Waals surface area contributed by atoms with Gasteiger partial charge in [-0.3, -0.25) is 4.79 Å². The molecule has 1 unspecified atom stereocenters. The second-order valence-corrected chi connectivity index (χ2v) is 3.86. The van der Waals surface area contributed by atoms with Crippen LogP contribution in [0.1, 0.15) is 19.8 Å². The molecular formula is C12H17NO2. The van der Waals surface area contributed by atoms with Crippen molar-refractivity contribution in [2.24, 2.45) is 17.6 Å². The number of primary amides is 1. The second kappa shape index (κ2) is 5.39. The molecule has 82 valence electrons. The number of nitrogens with two attached hydrogens (primary N) is 1. The Hall–Kier alpha value is -1.51. The molecule has 0 radical (unpaired) electrons. The molecule has 0 spiro atoms. The van der Waals surface area contributed by atoms with Crippen molar-refractivity contribution in [3.8, 4) is 5.75 Å². The van der Waals surface area contributed by atoms with Gasteiger partial charge in [0, 0.05) is 5.92 Å². The van der Waals surface area contributed by atoms with E-state index in [2.05, 4.69) is 0 Å². The third kappa shape index (κ3) is 4.49. The minimum Gasteiger partial charge on any atom is -0.508 e. The first-order valence-electron chi connectivity index (χ1n) is 5.14. The largest absolute Gasteiger partial charge is 0.508 e. The fraction of sp³-hybridized carbons (Fsp3) is 0.417. The molecule has 1 amide bonds. The lowest BCUT2D eigenvalue weighted by Gasteiger charge is -2.00. The van der Waals surface area contributed by atoms with Gasteiger partial charge in [0.15, 0.2) is 0 Å². The van der Waals surface area contributed by atoms with Crippen LogP contribution in [0.25, 0.3) is 0 Å². The summed E-state index contributed by atoms with van der Waals surface area (Å²) in [6.45, 7) is 1.90. The van der Waals surface area contributed by atoms with Crippen LogP contribution in [0.3, 0.4) is 0 Å². The summed E-state index contributed by atoms with van der Waals surface area (Å²) in [5.41, 5.74) is 5.04. The smallest absolute Gasteiger partial charge is 0.220 e. The number of hydrogen-bond donors (Lipinski definition) is 2. The lowest BCUT2D eigenvalue weighted by atomic mass is 10.1. The zero-order valence-corrected chi connectivity index (χ0v) is 8.89. The molecular weight excluding hydrogens is 190 g/mol. The zero-order chi connectivity index (χ0) is 11.3. The predicted octanol–water partition coefficient (Wildman–Crippen LogP) is 1.91. The number of benzene rings is 1. The van der Waals surface area contributed by atoms with Gasteiger partial charge in [0.2, 0.25) is 5.91 Å². The van der Waals surface area contributed by atoms with Crippen molar-refractivity contribution in [2.75, 3.05) is 0 Å². The van der Waals surface area contributed by atoms with Crippen molar-refractivity contribution in [2.45, 2.75) is 19.8 Å². The van der Waals surface area contributed by atoms with Crippen LogP contribution in [-0.4, -0.2) is 11.0 Å². The van der Waals surface area contributed by atoms with E-state index in [-0.39, 0.29) is 11.8 Å². The normalized spacial score (nSPS) is 16.1. The van der Waals surface area contributed by atoms with E-state index in [0.717, 1.165) is 0 Å². The Morgan fingerprint density at radius 1 is 1.40 bits per heavy atom. The van der Waals surface area contributed by atoms with E-state index in [0.29, 0.717) is 11.7 Å². The molecule has 0 aromatic heterocycles. The highest BCUT2D eigenvalue weighted by atomic mass is 16.3. The van der Waals surface area contributed by atoms with Gasteiger partial charge in [0.05, 0.1) is 0 Å². The molecule has 1 aromatic rings. The summed E-state index contributed by atoms with van der Waals surface area (Å²) in [6.07, 6.45) is 2.40. The Morgan fingerprint density at radius 2 is 1.93 bits per heavy atom. The Balaban J connectivity index is 0.000000151. The standard InChI is InChI=1S/C6H11NO.C6H6O/c1-4(6(7)8)5-2-3-5;7-6-4-2-1-3-5-6/h4-5H,2-3H2,1H3,(H2,7,8);1-5,7H. The average molecular weight is 207 g/mol. The van der Waals surface area contributed by atoms with E-state index in [9.17, 15) is 4.79 Å². The molecule has 0 saturated heterocycles. The molecule has 1 atom stereocenters. The number of carbonyl (C=O) groups excluding carboxylic acids is 1. The molecule has 3 nitrogen and oxygen atoms in total. The molecule has 0 bridgehead atoms. The number of phenols is 1. The van der Waals surface area contributed by atoms with Gasteiger partial charge in [0.25, 0.3) is 0 Å². The Kier molecular flexibility index (Phi) is 4.16. The third-order valence-corrected chi connectivity index (χ3v) is 2.53. The molecule has 1 aliphatic rings. The highest BCUT2D eigenvalue weighted by Gasteiger charge is 2.30. The van der Waals surface area contributed by atoms with Gasteiger partial charge < -0.3 is 10.8 Å². The van der Waals surface area contributed by atoms with Crippen molar-refractivity contribution in [3.05, 3.63) is 30.3 Å². The molecule has 1 saturated carbocycles. The molecule has 1 fully saturated rings. The number of para-hydroxylation sites is 1. The van der Waals surface area contributed by atoms with E-state index >= 15 is 0 Å². The van der Waals surface area contributed by atoms with E-state index in [1.54, 1.807) is 24.3 Å². The van der Waals surface area contributed by atoms with Crippen LogP contribution in [0.4, 0.5) is 0 Å². The van der Waals surface area contributed by atoms with E-state index in [4.69, 9.17) is 10.8 Å². The topological polar surface area (TPSA) is 63.3 Å². The molecule has 3 N–H and O–H groups in total. The summed E-state index contributed by atoms with van der Waals surface area (Å²) in [4.78, 5) is 10.4. The first-order valence-corrected chi connectivity index (χ1v) is 5.14. The van der Waals surface area contributed by atoms with E-state index in [1.165, 1.54) is 12.8 Å². The summed E-state index contributed by atoms with van der Waals surface area (Å²) in [7, 11) is 0. The molecule has 3 heteroatoms. The second-order valence-electron chi connectivity index (χ2n) is 3.86. The molecule has 15 heavy (non-hydrogen) atoms. The van der Waals surface area contributed by atoms with Crippen molar-refractivity contribution in [1.82, 2.24) is 0 Å². The summed E-state index contributed by atoms with van der Waals surface area (Å²) >= 11 is 0. The van der Waals surface area contributed by atoms with Crippen LogP contribution < -0.4 is 5.73 Å². The molecule has 0 aliphatic heterocycles. The Morgan fingerprint density at radius 3 is 2.13 bits per heavy atom. The van der Waals surface area contributed by atoms with Crippen molar-refractivity contribution < 1.29 is 9.90 Å². The van der Waals surface area contributed by atoms with Gasteiger partial charge in [-0.2, -0.15) is 0 Å². The van der Waals surface area contributed by atoms with Gasteiger partial charge in [0.1, 0.15) is 5.75 Å². The maximum Gasteiger partial charge on any atom is 0.220 e. The van der Waals surface area contributed by atoms with Gasteiger partial charge in [-0.25, -0.2) is 0 Å². The maximum absolute atomic E-state index is 10.4. The number of phenolic OH excluding ortho intramolecular Hbond substituents is 1. The fourth-order valence-electron chi connectivity index (χ4n) is 1.26. The lowest BCUT2D eigenvalue weighted by Crippen LogP contribution is -2.21. The Bertz CT molecular complexity index is 307. The van der Waals surface area contributed by atoms with Crippen LogP contribution in [0, 0.1) is 11.8 Å². The number of rotatable bonds is 2. The van der Waals surface area contributed by atoms with Crippen molar-refractivity contribution in [1.29, 1.82) is 0 Å². The summed E-state index contributed by atoms with van der Waals surface area (Å²) < 4.78 is 0. The molecule has 0 heterocycles. The highest BCUT2D eigenvalue weighted by Crippen LogP contribution is 2.36. The van der Waals surface area contributed by atoms with Gasteiger partial charge in [-0.15, -0.1) is 0 Å². The average Bonchev–Trinajstić information content (AvgIpc) is 3.02. The van der Waals surface area contributed by atoms with Crippen LogP contribution in [0.5, 0.6) is 5.75 Å². The lowest BCUT2D eigenvalue weighted by molar-refractivity contribution is -0.121. The first kappa shape index (κ1) is 11.6. The Labute approximate surface area is 89.9 Å². The molecule has 1 aromatic carbocycles. The van der Waals surface area contributed by atoms with Crippen molar-refractivity contribution >= 4 is 5.91 Å². The number of carbonyl (C=O) groups is 1. The minimum absolute atomic E-state index is 0.120. The fourth-order valence-corrected chi connectivity index (χ4v) is 1.26. The molecule has 1 aliphatic carbocycles. The van der Waals surface area contributed by atoms with Gasteiger partial charge in [-0.1, -0.05) is 25.1 Å². The van der Waals surface area contributed by atoms with Crippen LogP contribution in [-0.2, 0) is 4.79 Å². The quantitative estimate of drug-likeness (QED) is 0.778. The van der Waals surface area contributed by atoms with E-state index < -0.39 is 0 Å².